The SMILES string of the molecule is COc1cccc2c1Sc1ccc([N+](=O)[O-])cc1C2. The summed E-state index contributed by atoms with van der Waals surface area (Å²) in [6.07, 6.45) is 0.705. The molecule has 0 saturated carbocycles. The zero-order valence-electron chi connectivity index (χ0n) is 10.3. The lowest BCUT2D eigenvalue weighted by atomic mass is 10.0. The van der Waals surface area contributed by atoms with Crippen LogP contribution in [0.2, 0.25) is 0 Å². The van der Waals surface area contributed by atoms with E-state index in [9.17, 15) is 10.1 Å². The summed E-state index contributed by atoms with van der Waals surface area (Å²) < 4.78 is 5.36. The lowest BCUT2D eigenvalue weighted by molar-refractivity contribution is -0.385. The van der Waals surface area contributed by atoms with Crippen molar-refractivity contribution in [3.05, 3.63) is 57.6 Å². The van der Waals surface area contributed by atoms with Crippen molar-refractivity contribution in [3.8, 4) is 5.75 Å². The number of rotatable bonds is 2. The fraction of sp³-hybridized carbons (Fsp3) is 0.143. The second-order valence-electron chi connectivity index (χ2n) is 4.28. The third kappa shape index (κ3) is 2.06. The van der Waals surface area contributed by atoms with E-state index in [1.807, 2.05) is 24.3 Å². The van der Waals surface area contributed by atoms with Crippen LogP contribution in [0, 0.1) is 10.1 Å². The van der Waals surface area contributed by atoms with Crippen LogP contribution < -0.4 is 4.74 Å². The number of nitro groups is 1. The molecular weight excluding hydrogens is 262 g/mol. The minimum Gasteiger partial charge on any atom is -0.496 e. The van der Waals surface area contributed by atoms with Crippen LogP contribution in [0.3, 0.4) is 0 Å². The standard InChI is InChI=1S/C14H11NO3S/c1-18-12-4-2-3-9-7-10-8-11(15(16)17)5-6-13(10)19-14(9)12/h2-6,8H,7H2,1H3. The van der Waals surface area contributed by atoms with Gasteiger partial charge >= 0.3 is 0 Å². The van der Waals surface area contributed by atoms with E-state index in [4.69, 9.17) is 4.74 Å². The third-order valence-corrected chi connectivity index (χ3v) is 4.41. The molecule has 2 aromatic carbocycles. The normalized spacial score (nSPS) is 12.5. The van der Waals surface area contributed by atoms with Gasteiger partial charge in [-0.15, -0.1) is 0 Å². The first-order chi connectivity index (χ1) is 9.19. The Labute approximate surface area is 114 Å². The van der Waals surface area contributed by atoms with Gasteiger partial charge in [-0.25, -0.2) is 0 Å². The molecule has 0 saturated heterocycles. The fourth-order valence-electron chi connectivity index (χ4n) is 2.21. The molecule has 5 heteroatoms. The van der Waals surface area contributed by atoms with Gasteiger partial charge in [-0.2, -0.15) is 0 Å². The molecule has 4 nitrogen and oxygen atoms in total. The van der Waals surface area contributed by atoms with Gasteiger partial charge in [-0.1, -0.05) is 23.9 Å². The molecule has 0 N–H and O–H groups in total. The summed E-state index contributed by atoms with van der Waals surface area (Å²) >= 11 is 1.61. The number of nitrogens with zero attached hydrogens (tertiary/aromatic N) is 1. The van der Waals surface area contributed by atoms with Gasteiger partial charge in [0.15, 0.2) is 0 Å². The molecule has 0 aliphatic carbocycles. The number of benzene rings is 2. The van der Waals surface area contributed by atoms with Crippen molar-refractivity contribution in [2.24, 2.45) is 0 Å². The van der Waals surface area contributed by atoms with Crippen molar-refractivity contribution in [1.82, 2.24) is 0 Å². The summed E-state index contributed by atoms with van der Waals surface area (Å²) in [5, 5.41) is 10.8. The molecule has 0 bridgehead atoms. The molecule has 3 rings (SSSR count). The largest absolute Gasteiger partial charge is 0.496 e. The van der Waals surface area contributed by atoms with Crippen LogP contribution in [-0.4, -0.2) is 12.0 Å². The lowest BCUT2D eigenvalue weighted by Gasteiger charge is -2.20. The van der Waals surface area contributed by atoms with E-state index in [0.717, 1.165) is 26.7 Å². The van der Waals surface area contributed by atoms with E-state index in [0.29, 0.717) is 6.42 Å². The highest BCUT2D eigenvalue weighted by atomic mass is 32.2. The Balaban J connectivity index is 2.06. The zero-order valence-corrected chi connectivity index (χ0v) is 11.1. The first-order valence-electron chi connectivity index (χ1n) is 5.80. The number of hydrogen-bond donors (Lipinski definition) is 0. The smallest absolute Gasteiger partial charge is 0.269 e. The van der Waals surface area contributed by atoms with E-state index in [1.54, 1.807) is 31.0 Å². The summed E-state index contributed by atoms with van der Waals surface area (Å²) in [4.78, 5) is 12.6. The number of non-ortho nitro benzene ring substituents is 1. The topological polar surface area (TPSA) is 52.4 Å². The molecule has 0 radical (unpaired) electrons. The quantitative estimate of drug-likeness (QED) is 0.528. The predicted molar refractivity (Wildman–Crippen MR) is 73.0 cm³/mol. The third-order valence-electron chi connectivity index (χ3n) is 3.13. The maximum absolute atomic E-state index is 10.8. The number of ether oxygens (including phenoxy) is 1. The number of nitro benzene ring substituents is 1. The highest BCUT2D eigenvalue weighted by molar-refractivity contribution is 7.99. The summed E-state index contributed by atoms with van der Waals surface area (Å²) in [5.41, 5.74) is 2.29. The second kappa shape index (κ2) is 4.59. The molecule has 0 unspecified atom stereocenters. The van der Waals surface area contributed by atoms with Crippen LogP contribution in [0.5, 0.6) is 5.75 Å². The van der Waals surface area contributed by atoms with Crippen LogP contribution in [-0.2, 0) is 6.42 Å². The Morgan fingerprint density at radius 2 is 2.11 bits per heavy atom. The average molecular weight is 273 g/mol. The molecule has 0 amide bonds. The van der Waals surface area contributed by atoms with Crippen LogP contribution in [0.15, 0.2) is 46.2 Å². The van der Waals surface area contributed by atoms with Crippen molar-refractivity contribution >= 4 is 17.4 Å². The number of fused-ring (bicyclic) bond motifs is 2. The molecule has 19 heavy (non-hydrogen) atoms. The predicted octanol–water partition coefficient (Wildman–Crippen LogP) is 3.66. The molecule has 0 fully saturated rings. The molecule has 0 aromatic heterocycles. The van der Waals surface area contributed by atoms with Gasteiger partial charge in [-0.3, -0.25) is 10.1 Å². The van der Waals surface area contributed by atoms with Gasteiger partial charge in [-0.05, 0) is 23.3 Å². The Morgan fingerprint density at radius 1 is 1.26 bits per heavy atom. The highest BCUT2D eigenvalue weighted by Gasteiger charge is 2.21. The molecule has 2 aromatic rings. The van der Waals surface area contributed by atoms with Gasteiger partial charge in [0.05, 0.1) is 16.9 Å². The van der Waals surface area contributed by atoms with Crippen LogP contribution >= 0.6 is 11.8 Å². The summed E-state index contributed by atoms with van der Waals surface area (Å²) in [6.45, 7) is 0. The summed E-state index contributed by atoms with van der Waals surface area (Å²) in [5.74, 6) is 0.853. The average Bonchev–Trinajstić information content (AvgIpc) is 2.43. The molecule has 1 aliphatic heterocycles. The molecular formula is C14H11NO3S. The van der Waals surface area contributed by atoms with Crippen LogP contribution in [0.4, 0.5) is 5.69 Å². The second-order valence-corrected chi connectivity index (χ2v) is 5.33. The maximum Gasteiger partial charge on any atom is 0.269 e. The maximum atomic E-state index is 10.8. The Kier molecular flexibility index (Phi) is 2.91. The van der Waals surface area contributed by atoms with Crippen molar-refractivity contribution in [2.75, 3.05) is 7.11 Å². The van der Waals surface area contributed by atoms with E-state index in [2.05, 4.69) is 0 Å². The molecule has 96 valence electrons. The minimum atomic E-state index is -0.355. The highest BCUT2D eigenvalue weighted by Crippen LogP contribution is 2.44. The molecule has 0 atom stereocenters. The molecule has 1 heterocycles. The van der Waals surface area contributed by atoms with Crippen LogP contribution in [0.1, 0.15) is 11.1 Å². The van der Waals surface area contributed by atoms with E-state index in [-0.39, 0.29) is 10.6 Å². The first-order valence-corrected chi connectivity index (χ1v) is 6.62. The summed E-state index contributed by atoms with van der Waals surface area (Å²) in [6, 6.07) is 10.9. The Bertz CT molecular complexity index is 670. The van der Waals surface area contributed by atoms with Gasteiger partial charge in [0.1, 0.15) is 5.75 Å². The van der Waals surface area contributed by atoms with Crippen molar-refractivity contribution in [1.29, 1.82) is 0 Å². The van der Waals surface area contributed by atoms with Gasteiger partial charge < -0.3 is 4.74 Å². The zero-order chi connectivity index (χ0) is 13.4. The van der Waals surface area contributed by atoms with Gasteiger partial charge in [0, 0.05) is 23.4 Å². The van der Waals surface area contributed by atoms with Gasteiger partial charge in [0.25, 0.3) is 5.69 Å². The Hall–Kier alpha value is -2.01. The molecule has 0 spiro atoms. The van der Waals surface area contributed by atoms with E-state index >= 15 is 0 Å². The fourth-order valence-corrected chi connectivity index (χ4v) is 3.35. The molecule has 1 aliphatic rings. The van der Waals surface area contributed by atoms with E-state index < -0.39 is 0 Å². The first kappa shape index (κ1) is 12.0. The van der Waals surface area contributed by atoms with E-state index in [1.165, 1.54) is 0 Å². The number of methoxy groups -OCH3 is 1. The van der Waals surface area contributed by atoms with Crippen molar-refractivity contribution < 1.29 is 9.66 Å². The summed E-state index contributed by atoms with van der Waals surface area (Å²) in [7, 11) is 1.65. The van der Waals surface area contributed by atoms with Gasteiger partial charge in [0.2, 0.25) is 0 Å². The Morgan fingerprint density at radius 3 is 2.84 bits per heavy atom. The van der Waals surface area contributed by atoms with Crippen LogP contribution in [0.25, 0.3) is 0 Å². The minimum absolute atomic E-state index is 0.144. The number of hydrogen-bond acceptors (Lipinski definition) is 4. The lowest BCUT2D eigenvalue weighted by Crippen LogP contribution is -2.02. The van der Waals surface area contributed by atoms with Crippen molar-refractivity contribution in [3.63, 3.8) is 0 Å². The monoisotopic (exact) mass is 273 g/mol. The van der Waals surface area contributed by atoms with Crippen molar-refractivity contribution in [2.45, 2.75) is 16.2 Å².